The Kier molecular flexibility index (Phi) is 7.22. The zero-order valence-corrected chi connectivity index (χ0v) is 20.2. The van der Waals surface area contributed by atoms with Gasteiger partial charge in [-0.05, 0) is 36.8 Å². The molecule has 0 atom stereocenters. The first-order valence-corrected chi connectivity index (χ1v) is 11.2. The maximum atomic E-state index is 14.9. The van der Waals surface area contributed by atoms with Crippen LogP contribution in [0.2, 0.25) is 0 Å². The van der Waals surface area contributed by atoms with Crippen LogP contribution in [-0.2, 0) is 11.2 Å². The topological polar surface area (TPSA) is 88.7 Å². The van der Waals surface area contributed by atoms with Gasteiger partial charge in [-0.15, -0.1) is 0 Å². The number of methoxy groups -OCH3 is 1. The van der Waals surface area contributed by atoms with Crippen molar-refractivity contribution in [1.82, 2.24) is 9.61 Å². The van der Waals surface area contributed by atoms with Crippen molar-refractivity contribution in [2.24, 2.45) is 0 Å². The second-order valence-electron chi connectivity index (χ2n) is 7.93. The molecule has 0 saturated heterocycles. The van der Waals surface area contributed by atoms with E-state index in [1.165, 1.54) is 54.2 Å². The van der Waals surface area contributed by atoms with Crippen molar-refractivity contribution >= 4 is 34.2 Å². The van der Waals surface area contributed by atoms with E-state index >= 15 is 0 Å². The zero-order valence-electron chi connectivity index (χ0n) is 19.3. The number of hydrogen-bond acceptors (Lipinski definition) is 6. The van der Waals surface area contributed by atoms with Gasteiger partial charge in [-0.3, -0.25) is 4.79 Å². The number of aryl methyl sites for hydroxylation is 1. The molecule has 4 aromatic rings. The molecule has 0 bridgehead atoms. The maximum Gasteiger partial charge on any atom is 0.173 e. The van der Waals surface area contributed by atoms with Gasteiger partial charge in [0.05, 0.1) is 30.9 Å². The Balaban J connectivity index is 1.48. The standard InChI is InChI=1S/C26H20F2N4O3S/c1-15-23(34-2)14-32-25(15)26(17(12-29)13-30-32)35-22-8-7-19(10-21(22)28)31-24(36)11-20(33)9-16-3-5-18(27)6-4-16/h3-8,10,13-14H,9,11H2,1-2H3,(H,31,36). The molecule has 10 heteroatoms. The summed E-state index contributed by atoms with van der Waals surface area (Å²) >= 11 is 5.24. The van der Waals surface area contributed by atoms with Crippen LogP contribution < -0.4 is 14.8 Å². The zero-order chi connectivity index (χ0) is 25.8. The van der Waals surface area contributed by atoms with E-state index in [9.17, 15) is 18.8 Å². The first-order chi connectivity index (χ1) is 17.3. The quantitative estimate of drug-likeness (QED) is 0.314. The van der Waals surface area contributed by atoms with Crippen LogP contribution in [0.3, 0.4) is 0 Å². The minimum absolute atomic E-state index is 0.0531. The Labute approximate surface area is 210 Å². The lowest BCUT2D eigenvalue weighted by atomic mass is 10.1. The van der Waals surface area contributed by atoms with Gasteiger partial charge in [-0.25, -0.2) is 13.3 Å². The van der Waals surface area contributed by atoms with Gasteiger partial charge < -0.3 is 14.8 Å². The van der Waals surface area contributed by atoms with Crippen molar-refractivity contribution in [3.63, 3.8) is 0 Å². The fourth-order valence-electron chi connectivity index (χ4n) is 3.67. The normalized spacial score (nSPS) is 10.6. The highest BCUT2D eigenvalue weighted by Crippen LogP contribution is 2.36. The van der Waals surface area contributed by atoms with Gasteiger partial charge in [0.2, 0.25) is 0 Å². The number of nitrogens with zero attached hydrogens (tertiary/aromatic N) is 3. The summed E-state index contributed by atoms with van der Waals surface area (Å²) in [4.78, 5) is 12.5. The molecule has 2 aromatic carbocycles. The lowest BCUT2D eigenvalue weighted by molar-refractivity contribution is -0.117. The minimum Gasteiger partial charge on any atom is -0.495 e. The van der Waals surface area contributed by atoms with Gasteiger partial charge in [-0.1, -0.05) is 24.4 Å². The lowest BCUT2D eigenvalue weighted by Gasteiger charge is -2.12. The van der Waals surface area contributed by atoms with Gasteiger partial charge in [-0.2, -0.15) is 10.4 Å². The molecule has 0 aliphatic carbocycles. The minimum atomic E-state index is -0.699. The molecule has 2 heterocycles. The molecule has 4 rings (SSSR count). The Hall–Kier alpha value is -4.36. The number of carbonyl (C=O) groups excluding carboxylic acids is 1. The second kappa shape index (κ2) is 10.5. The predicted molar refractivity (Wildman–Crippen MR) is 134 cm³/mol. The van der Waals surface area contributed by atoms with Gasteiger partial charge in [0.1, 0.15) is 34.5 Å². The van der Waals surface area contributed by atoms with E-state index in [0.717, 1.165) is 0 Å². The van der Waals surface area contributed by atoms with E-state index in [0.29, 0.717) is 28.1 Å². The molecule has 0 aliphatic rings. The van der Waals surface area contributed by atoms with Crippen LogP contribution in [0, 0.1) is 29.9 Å². The molecule has 0 spiro atoms. The number of fused-ring (bicyclic) bond motifs is 1. The van der Waals surface area contributed by atoms with Crippen molar-refractivity contribution in [3.8, 4) is 23.3 Å². The first kappa shape index (κ1) is 24.8. The van der Waals surface area contributed by atoms with Gasteiger partial charge in [0.25, 0.3) is 0 Å². The van der Waals surface area contributed by atoms with Crippen molar-refractivity contribution in [2.45, 2.75) is 19.8 Å². The SMILES string of the molecule is COc1cn2ncc(C#N)c(Oc3ccc(NC(=S)CC(=O)Cc4ccc(F)cc4)cc3F)c2c1C. The molecule has 2 aromatic heterocycles. The molecule has 0 fully saturated rings. The highest BCUT2D eigenvalue weighted by molar-refractivity contribution is 7.80. The van der Waals surface area contributed by atoms with Gasteiger partial charge >= 0.3 is 0 Å². The third-order valence-electron chi connectivity index (χ3n) is 5.40. The lowest BCUT2D eigenvalue weighted by Crippen LogP contribution is -2.16. The number of Topliss-reactive ketones (excluding diaryl/α,β-unsaturated/α-hetero) is 1. The first-order valence-electron chi connectivity index (χ1n) is 10.8. The van der Waals surface area contributed by atoms with Crippen molar-refractivity contribution < 1.29 is 23.0 Å². The number of hydrogen-bond donors (Lipinski definition) is 1. The number of thiocarbonyl (C=S) groups is 1. The summed E-state index contributed by atoms with van der Waals surface area (Å²) in [6.07, 6.45) is 3.02. The van der Waals surface area contributed by atoms with E-state index in [2.05, 4.69) is 10.4 Å². The summed E-state index contributed by atoms with van der Waals surface area (Å²) < 4.78 is 40.6. The van der Waals surface area contributed by atoms with Crippen molar-refractivity contribution in [2.75, 3.05) is 12.4 Å². The highest BCUT2D eigenvalue weighted by Gasteiger charge is 2.19. The second-order valence-corrected chi connectivity index (χ2v) is 8.42. The van der Waals surface area contributed by atoms with E-state index in [1.54, 1.807) is 19.2 Å². The number of halogens is 2. The average molecular weight is 507 g/mol. The van der Waals surface area contributed by atoms with Crippen LogP contribution in [0.25, 0.3) is 5.52 Å². The van der Waals surface area contributed by atoms with E-state index in [4.69, 9.17) is 21.7 Å². The Morgan fingerprint density at radius 3 is 2.61 bits per heavy atom. The third-order valence-corrected chi connectivity index (χ3v) is 5.65. The van der Waals surface area contributed by atoms with Gasteiger partial charge in [0, 0.05) is 23.7 Å². The highest BCUT2D eigenvalue weighted by atomic mass is 32.1. The predicted octanol–water partition coefficient (Wildman–Crippen LogP) is 5.53. The van der Waals surface area contributed by atoms with Crippen LogP contribution in [0.4, 0.5) is 14.5 Å². The molecule has 0 radical (unpaired) electrons. The molecule has 0 unspecified atom stereocenters. The fourth-order valence-corrected chi connectivity index (χ4v) is 3.95. The Morgan fingerprint density at radius 2 is 1.94 bits per heavy atom. The van der Waals surface area contributed by atoms with Crippen LogP contribution >= 0.6 is 12.2 Å². The number of aromatic nitrogens is 2. The maximum absolute atomic E-state index is 14.9. The molecular weight excluding hydrogens is 486 g/mol. The summed E-state index contributed by atoms with van der Waals surface area (Å²) in [7, 11) is 1.51. The summed E-state index contributed by atoms with van der Waals surface area (Å²) in [5, 5.41) is 16.6. The molecule has 1 N–H and O–H groups in total. The Bertz CT molecular complexity index is 1510. The number of ether oxygens (including phenoxy) is 2. The van der Waals surface area contributed by atoms with Crippen molar-refractivity contribution in [1.29, 1.82) is 5.26 Å². The molecule has 0 amide bonds. The molecule has 182 valence electrons. The monoisotopic (exact) mass is 506 g/mol. The average Bonchev–Trinajstić information content (AvgIpc) is 3.18. The number of anilines is 1. The van der Waals surface area contributed by atoms with Gasteiger partial charge in [0.15, 0.2) is 17.3 Å². The summed E-state index contributed by atoms with van der Waals surface area (Å²) in [6.45, 7) is 1.78. The molecular formula is C26H20F2N4O3S. The number of nitriles is 1. The van der Waals surface area contributed by atoms with E-state index in [-0.39, 0.29) is 46.5 Å². The van der Waals surface area contributed by atoms with E-state index < -0.39 is 5.82 Å². The largest absolute Gasteiger partial charge is 0.495 e. The number of ketones is 1. The fraction of sp³-hybridized carbons (Fsp3) is 0.154. The number of carbonyl (C=O) groups is 1. The smallest absolute Gasteiger partial charge is 0.173 e. The van der Waals surface area contributed by atoms with Crippen LogP contribution in [0.5, 0.6) is 17.2 Å². The number of benzene rings is 2. The summed E-state index contributed by atoms with van der Waals surface area (Å²) in [5.41, 5.74) is 2.31. The molecule has 36 heavy (non-hydrogen) atoms. The number of rotatable bonds is 8. The summed E-state index contributed by atoms with van der Waals surface area (Å²) in [6, 6.07) is 11.8. The molecule has 0 saturated carbocycles. The van der Waals surface area contributed by atoms with E-state index in [1.807, 2.05) is 6.07 Å². The Morgan fingerprint density at radius 1 is 1.19 bits per heavy atom. The molecule has 7 nitrogen and oxygen atoms in total. The summed E-state index contributed by atoms with van der Waals surface area (Å²) in [5.74, 6) is -0.653. The molecule has 0 aliphatic heterocycles. The third kappa shape index (κ3) is 5.31. The van der Waals surface area contributed by atoms with Crippen LogP contribution in [0.1, 0.15) is 23.1 Å². The number of nitrogens with one attached hydrogen (secondary N) is 1. The van der Waals surface area contributed by atoms with Crippen LogP contribution in [0.15, 0.2) is 54.9 Å². The van der Waals surface area contributed by atoms with Crippen LogP contribution in [-0.4, -0.2) is 27.5 Å². The van der Waals surface area contributed by atoms with Crippen molar-refractivity contribution in [3.05, 3.63) is 83.2 Å².